The van der Waals surface area contributed by atoms with Crippen LogP contribution in [0, 0.1) is 0 Å². The van der Waals surface area contributed by atoms with Crippen LogP contribution in [0.5, 0.6) is 0 Å². The van der Waals surface area contributed by atoms with Gasteiger partial charge in [-0.25, -0.2) is 0 Å². The molecule has 0 saturated carbocycles. The molecule has 0 rings (SSSR count). The Kier molecular flexibility index (Phi) is 9.73. The van der Waals surface area contributed by atoms with E-state index in [9.17, 15) is 19.2 Å². The summed E-state index contributed by atoms with van der Waals surface area (Å²) in [4.78, 5) is 47.0. The number of hydrogen-bond donors (Lipinski definition) is 0. The van der Waals surface area contributed by atoms with E-state index in [0.29, 0.717) is 0 Å². The molecule has 0 aliphatic carbocycles. The van der Waals surface area contributed by atoms with Crippen molar-refractivity contribution < 1.29 is 38.1 Å². The van der Waals surface area contributed by atoms with Crippen molar-refractivity contribution in [3.05, 3.63) is 0 Å². The number of amides is 1. The minimum Gasteiger partial charge on any atom is -0.462 e. The number of rotatable bonds is 9. The van der Waals surface area contributed by atoms with E-state index in [-0.39, 0.29) is 12.5 Å². The summed E-state index contributed by atoms with van der Waals surface area (Å²) in [6.45, 7) is 6.30. The minimum absolute atomic E-state index is 0.274. The highest BCUT2D eigenvalue weighted by Crippen LogP contribution is 2.20. The van der Waals surface area contributed by atoms with Crippen molar-refractivity contribution in [2.24, 2.45) is 0 Å². The third-order valence-electron chi connectivity index (χ3n) is 3.52. The quantitative estimate of drug-likeness (QED) is 0.426. The number of nitrogens with zero attached hydrogens (tertiary/aromatic N) is 1. The zero-order valence-electron chi connectivity index (χ0n) is 15.7. The maximum atomic E-state index is 11.9. The Balaban J connectivity index is 5.76. The number of esters is 3. The molecule has 9 nitrogen and oxygen atoms in total. The van der Waals surface area contributed by atoms with Crippen LogP contribution in [0.2, 0.25) is 0 Å². The number of carbonyl (C=O) groups is 4. The lowest BCUT2D eigenvalue weighted by Gasteiger charge is -2.39. The summed E-state index contributed by atoms with van der Waals surface area (Å²) in [5.74, 6) is -2.04. The molecule has 144 valence electrons. The molecule has 0 saturated heterocycles. The van der Waals surface area contributed by atoms with Crippen LogP contribution in [-0.2, 0) is 38.1 Å². The molecule has 0 unspecified atom stereocenters. The van der Waals surface area contributed by atoms with E-state index in [1.165, 1.54) is 46.8 Å². The maximum Gasteiger partial charge on any atom is 0.303 e. The molecule has 0 fully saturated rings. The van der Waals surface area contributed by atoms with Gasteiger partial charge in [0.25, 0.3) is 0 Å². The van der Waals surface area contributed by atoms with Gasteiger partial charge in [0.1, 0.15) is 24.9 Å². The van der Waals surface area contributed by atoms with E-state index in [2.05, 4.69) is 0 Å². The summed E-state index contributed by atoms with van der Waals surface area (Å²) in [7, 11) is 2.87. The number of hydrogen-bond acceptors (Lipinski definition) is 8. The molecule has 0 aromatic rings. The first kappa shape index (κ1) is 22.8. The summed E-state index contributed by atoms with van der Waals surface area (Å²) in [6, 6.07) is -0.847. The fraction of sp³-hybridized carbons (Fsp3) is 0.750. The van der Waals surface area contributed by atoms with Crippen molar-refractivity contribution in [1.29, 1.82) is 0 Å². The molecule has 0 N–H and O–H groups in total. The molecule has 0 aliphatic rings. The van der Waals surface area contributed by atoms with Crippen LogP contribution in [-0.4, -0.2) is 73.8 Å². The molecule has 0 heterocycles. The lowest BCUT2D eigenvalue weighted by Crippen LogP contribution is -2.58. The second-order valence-electron chi connectivity index (χ2n) is 5.59. The van der Waals surface area contributed by atoms with Gasteiger partial charge in [0.2, 0.25) is 5.91 Å². The topological polar surface area (TPSA) is 108 Å². The number of ether oxygens (including phenoxy) is 4. The molecule has 9 heteroatoms. The molecular formula is C16H27NO8. The fourth-order valence-electron chi connectivity index (χ4n) is 2.44. The standard InChI is InChI=1S/C16H27NO8/c1-9(24-12(4)20)16(22-7)15(17(6)10(2)18)14(25-13(5)21)8-23-11(3)19/h9,14-16H,8H2,1-7H3/t9-,14+,15-,16-/m0/s1. The van der Waals surface area contributed by atoms with Crippen LogP contribution in [0.1, 0.15) is 34.6 Å². The Hall–Kier alpha value is -2.16. The Morgan fingerprint density at radius 3 is 1.80 bits per heavy atom. The van der Waals surface area contributed by atoms with Crippen molar-refractivity contribution in [2.45, 2.75) is 59.0 Å². The van der Waals surface area contributed by atoms with E-state index in [1.54, 1.807) is 6.92 Å². The van der Waals surface area contributed by atoms with Gasteiger partial charge in [0, 0.05) is 41.9 Å². The van der Waals surface area contributed by atoms with Gasteiger partial charge in [0.15, 0.2) is 6.10 Å². The molecule has 0 aromatic carbocycles. The predicted molar refractivity (Wildman–Crippen MR) is 86.4 cm³/mol. The molecule has 0 radical (unpaired) electrons. The smallest absolute Gasteiger partial charge is 0.303 e. The lowest BCUT2D eigenvalue weighted by molar-refractivity contribution is -0.176. The van der Waals surface area contributed by atoms with Crippen LogP contribution in [0.3, 0.4) is 0 Å². The van der Waals surface area contributed by atoms with Gasteiger partial charge in [-0.2, -0.15) is 0 Å². The second kappa shape index (κ2) is 10.7. The molecular weight excluding hydrogens is 334 g/mol. The van der Waals surface area contributed by atoms with E-state index < -0.39 is 42.3 Å². The monoisotopic (exact) mass is 361 g/mol. The Morgan fingerprint density at radius 2 is 1.44 bits per heavy atom. The zero-order valence-corrected chi connectivity index (χ0v) is 15.7. The lowest BCUT2D eigenvalue weighted by atomic mass is 9.98. The number of methoxy groups -OCH3 is 1. The van der Waals surface area contributed by atoms with Crippen molar-refractivity contribution in [2.75, 3.05) is 20.8 Å². The van der Waals surface area contributed by atoms with E-state index >= 15 is 0 Å². The van der Waals surface area contributed by atoms with Crippen molar-refractivity contribution in [3.8, 4) is 0 Å². The largest absolute Gasteiger partial charge is 0.462 e. The Morgan fingerprint density at radius 1 is 0.920 bits per heavy atom. The highest BCUT2D eigenvalue weighted by molar-refractivity contribution is 5.73. The number of likely N-dealkylation sites (N-methyl/N-ethyl adjacent to an activating group) is 1. The van der Waals surface area contributed by atoms with Gasteiger partial charge in [-0.15, -0.1) is 0 Å². The van der Waals surface area contributed by atoms with E-state index in [0.717, 1.165) is 0 Å². The molecule has 0 aliphatic heterocycles. The van der Waals surface area contributed by atoms with Crippen LogP contribution < -0.4 is 0 Å². The van der Waals surface area contributed by atoms with Gasteiger partial charge < -0.3 is 23.8 Å². The van der Waals surface area contributed by atoms with Crippen molar-refractivity contribution >= 4 is 23.8 Å². The molecule has 25 heavy (non-hydrogen) atoms. The van der Waals surface area contributed by atoms with Crippen LogP contribution in [0.15, 0.2) is 0 Å². The molecule has 4 atom stereocenters. The molecule has 0 aromatic heterocycles. The SMILES string of the molecule is CO[C@H]([C@H]([C@@H](COC(C)=O)OC(C)=O)N(C)C(C)=O)[C@H](C)OC(C)=O. The predicted octanol–water partition coefficient (Wildman–Crippen LogP) is 0.295. The average Bonchev–Trinajstić information content (AvgIpc) is 2.46. The second-order valence-corrected chi connectivity index (χ2v) is 5.59. The van der Waals surface area contributed by atoms with E-state index in [4.69, 9.17) is 18.9 Å². The summed E-state index contributed by atoms with van der Waals surface area (Å²) < 4.78 is 20.8. The summed E-state index contributed by atoms with van der Waals surface area (Å²) >= 11 is 0. The molecule has 0 spiro atoms. The molecule has 0 bridgehead atoms. The van der Waals surface area contributed by atoms with Crippen molar-refractivity contribution in [1.82, 2.24) is 4.90 Å². The maximum absolute atomic E-state index is 11.9. The highest BCUT2D eigenvalue weighted by Gasteiger charge is 2.41. The summed E-state index contributed by atoms with van der Waals surface area (Å²) in [5, 5.41) is 0. The van der Waals surface area contributed by atoms with Gasteiger partial charge in [-0.05, 0) is 6.92 Å². The minimum atomic E-state index is -1.00. The Bertz CT molecular complexity index is 493. The first-order valence-corrected chi connectivity index (χ1v) is 7.75. The summed E-state index contributed by atoms with van der Waals surface area (Å²) in [6.07, 6.45) is -2.57. The van der Waals surface area contributed by atoms with Gasteiger partial charge in [-0.1, -0.05) is 0 Å². The first-order valence-electron chi connectivity index (χ1n) is 7.75. The van der Waals surface area contributed by atoms with Gasteiger partial charge in [-0.3, -0.25) is 19.2 Å². The third-order valence-corrected chi connectivity index (χ3v) is 3.52. The normalized spacial score (nSPS) is 15.3. The van der Waals surface area contributed by atoms with Crippen LogP contribution >= 0.6 is 0 Å². The Labute approximate surface area is 147 Å². The van der Waals surface area contributed by atoms with E-state index in [1.807, 2.05) is 0 Å². The van der Waals surface area contributed by atoms with Crippen LogP contribution in [0.4, 0.5) is 0 Å². The average molecular weight is 361 g/mol. The zero-order chi connectivity index (χ0) is 19.7. The van der Waals surface area contributed by atoms with Crippen molar-refractivity contribution in [3.63, 3.8) is 0 Å². The highest BCUT2D eigenvalue weighted by atomic mass is 16.6. The fourth-order valence-corrected chi connectivity index (χ4v) is 2.44. The van der Waals surface area contributed by atoms with Gasteiger partial charge >= 0.3 is 17.9 Å². The molecule has 1 amide bonds. The number of carbonyl (C=O) groups excluding carboxylic acids is 4. The summed E-state index contributed by atoms with van der Waals surface area (Å²) in [5.41, 5.74) is 0. The first-order chi connectivity index (χ1) is 11.5. The third kappa shape index (κ3) is 7.97. The van der Waals surface area contributed by atoms with Gasteiger partial charge in [0.05, 0.1) is 0 Å². The van der Waals surface area contributed by atoms with Crippen LogP contribution in [0.25, 0.3) is 0 Å².